The highest BCUT2D eigenvalue weighted by Gasteiger charge is 2.24. The van der Waals surface area contributed by atoms with Gasteiger partial charge in [0, 0.05) is 42.7 Å². The summed E-state index contributed by atoms with van der Waals surface area (Å²) in [5.41, 5.74) is 2.44. The van der Waals surface area contributed by atoms with Crippen LogP contribution in [0.1, 0.15) is 48.3 Å². The maximum atomic E-state index is 12.3. The lowest BCUT2D eigenvalue weighted by atomic mass is 10.1. The molecule has 2 unspecified atom stereocenters. The number of rotatable bonds is 7. The van der Waals surface area contributed by atoms with E-state index in [0.29, 0.717) is 16.7 Å². The largest absolute Gasteiger partial charge is 0.373 e. The zero-order chi connectivity index (χ0) is 21.8. The summed E-state index contributed by atoms with van der Waals surface area (Å²) in [7, 11) is 0. The van der Waals surface area contributed by atoms with Crippen molar-refractivity contribution in [1.29, 1.82) is 0 Å². The van der Waals surface area contributed by atoms with E-state index in [4.69, 9.17) is 4.74 Å². The minimum atomic E-state index is -0.231. The van der Waals surface area contributed by atoms with Gasteiger partial charge < -0.3 is 10.1 Å². The molecule has 7 nitrogen and oxygen atoms in total. The number of nitrogens with one attached hydrogen (secondary N) is 2. The van der Waals surface area contributed by atoms with Gasteiger partial charge in [-0.05, 0) is 50.5 Å². The minimum absolute atomic E-state index is 0.0451. The third-order valence-electron chi connectivity index (χ3n) is 5.18. The molecule has 2 heterocycles. The van der Waals surface area contributed by atoms with E-state index in [2.05, 4.69) is 34.4 Å². The third-order valence-corrected chi connectivity index (χ3v) is 5.98. The highest BCUT2D eigenvalue weighted by Crippen LogP contribution is 2.20. The van der Waals surface area contributed by atoms with Crippen LogP contribution in [0.15, 0.2) is 35.7 Å². The molecule has 1 aliphatic carbocycles. The molecule has 0 radical (unpaired) electrons. The SMILES string of the molecule is CC1CN(Cc2csc(NC(=O)/C=C/c3ccc(C(=O)NC4CC4)cc3)n2)CC(C)O1. The number of nitrogens with zero attached hydrogens (tertiary/aromatic N) is 2. The molecule has 2 amide bonds. The Morgan fingerprint density at radius 2 is 1.90 bits per heavy atom. The van der Waals surface area contributed by atoms with Crippen molar-refractivity contribution < 1.29 is 14.3 Å². The topological polar surface area (TPSA) is 83.6 Å². The van der Waals surface area contributed by atoms with Gasteiger partial charge in [-0.25, -0.2) is 4.98 Å². The molecule has 0 bridgehead atoms. The number of thiazole rings is 1. The van der Waals surface area contributed by atoms with Gasteiger partial charge in [0.25, 0.3) is 5.91 Å². The second-order valence-corrected chi connectivity index (χ2v) is 9.15. The summed E-state index contributed by atoms with van der Waals surface area (Å²) in [5, 5.41) is 8.35. The number of hydrogen-bond donors (Lipinski definition) is 2. The van der Waals surface area contributed by atoms with Crippen molar-refractivity contribution in [2.45, 2.75) is 51.5 Å². The Kier molecular flexibility index (Phi) is 6.80. The number of carbonyl (C=O) groups excluding carboxylic acids is 2. The minimum Gasteiger partial charge on any atom is -0.373 e. The smallest absolute Gasteiger partial charge is 0.251 e. The van der Waals surface area contributed by atoms with Gasteiger partial charge in [-0.3, -0.25) is 19.8 Å². The summed E-state index contributed by atoms with van der Waals surface area (Å²) in [6.45, 7) is 6.68. The Labute approximate surface area is 186 Å². The predicted molar refractivity (Wildman–Crippen MR) is 122 cm³/mol. The molecular weight excluding hydrogens is 412 g/mol. The average molecular weight is 441 g/mol. The van der Waals surface area contributed by atoms with E-state index in [9.17, 15) is 9.59 Å². The molecule has 164 valence electrons. The van der Waals surface area contributed by atoms with E-state index in [1.54, 1.807) is 18.2 Å². The number of hydrogen-bond acceptors (Lipinski definition) is 6. The Bertz CT molecular complexity index is 942. The molecule has 2 fully saturated rings. The van der Waals surface area contributed by atoms with E-state index in [1.165, 1.54) is 17.4 Å². The van der Waals surface area contributed by atoms with Crippen LogP contribution in [-0.4, -0.2) is 53.0 Å². The van der Waals surface area contributed by atoms with Crippen molar-refractivity contribution in [3.05, 3.63) is 52.5 Å². The lowest BCUT2D eigenvalue weighted by molar-refractivity contribution is -0.111. The fraction of sp³-hybridized carbons (Fsp3) is 0.435. The van der Waals surface area contributed by atoms with Crippen LogP contribution in [0.3, 0.4) is 0 Å². The predicted octanol–water partition coefficient (Wildman–Crippen LogP) is 3.30. The number of ether oxygens (including phenoxy) is 1. The molecule has 2 aromatic rings. The summed E-state index contributed by atoms with van der Waals surface area (Å²) < 4.78 is 5.77. The quantitative estimate of drug-likeness (QED) is 0.646. The zero-order valence-electron chi connectivity index (χ0n) is 17.8. The Hall–Kier alpha value is -2.55. The van der Waals surface area contributed by atoms with Crippen LogP contribution in [0.25, 0.3) is 6.08 Å². The molecule has 1 aromatic carbocycles. The molecule has 1 saturated heterocycles. The average Bonchev–Trinajstić information content (AvgIpc) is 3.44. The normalized spacial score (nSPS) is 21.9. The van der Waals surface area contributed by atoms with E-state index in [-0.39, 0.29) is 24.0 Å². The van der Waals surface area contributed by atoms with Crippen LogP contribution in [0.2, 0.25) is 0 Å². The van der Waals surface area contributed by atoms with E-state index < -0.39 is 0 Å². The first-order valence-corrected chi connectivity index (χ1v) is 11.5. The molecule has 2 N–H and O–H groups in total. The van der Waals surface area contributed by atoms with Crippen LogP contribution in [0.5, 0.6) is 0 Å². The summed E-state index contributed by atoms with van der Waals surface area (Å²) in [6, 6.07) is 7.54. The van der Waals surface area contributed by atoms with Crippen molar-refractivity contribution in [3.63, 3.8) is 0 Å². The van der Waals surface area contributed by atoms with E-state index >= 15 is 0 Å². The summed E-state index contributed by atoms with van der Waals surface area (Å²) in [4.78, 5) is 31.1. The van der Waals surface area contributed by atoms with Gasteiger partial charge in [0.1, 0.15) is 0 Å². The van der Waals surface area contributed by atoms with Crippen molar-refractivity contribution in [1.82, 2.24) is 15.2 Å². The molecule has 0 spiro atoms. The molecular formula is C23H28N4O3S. The molecule has 2 aliphatic rings. The van der Waals surface area contributed by atoms with E-state index in [1.807, 2.05) is 17.5 Å². The first kappa shape index (κ1) is 21.7. The second-order valence-electron chi connectivity index (χ2n) is 8.29. The monoisotopic (exact) mass is 440 g/mol. The van der Waals surface area contributed by atoms with Gasteiger partial charge in [0.05, 0.1) is 17.9 Å². The molecule has 8 heteroatoms. The summed E-state index contributed by atoms with van der Waals surface area (Å²) in [5.74, 6) is -0.276. The van der Waals surface area contributed by atoms with Gasteiger partial charge in [-0.15, -0.1) is 11.3 Å². The van der Waals surface area contributed by atoms with Crippen LogP contribution in [0.4, 0.5) is 5.13 Å². The first-order chi connectivity index (χ1) is 14.9. The maximum absolute atomic E-state index is 12.3. The third kappa shape index (κ3) is 6.46. The highest BCUT2D eigenvalue weighted by atomic mass is 32.1. The van der Waals surface area contributed by atoms with Gasteiger partial charge in [0.2, 0.25) is 5.91 Å². The van der Waals surface area contributed by atoms with Crippen molar-refractivity contribution in [2.75, 3.05) is 18.4 Å². The molecule has 1 aliphatic heterocycles. The van der Waals surface area contributed by atoms with Crippen molar-refractivity contribution >= 4 is 34.4 Å². The van der Waals surface area contributed by atoms with E-state index in [0.717, 1.165) is 43.7 Å². The molecule has 2 atom stereocenters. The van der Waals surface area contributed by atoms with Gasteiger partial charge >= 0.3 is 0 Å². The lowest BCUT2D eigenvalue weighted by Crippen LogP contribution is -2.44. The Morgan fingerprint density at radius 1 is 1.19 bits per heavy atom. The Balaban J connectivity index is 1.26. The van der Waals surface area contributed by atoms with Crippen LogP contribution < -0.4 is 10.6 Å². The molecule has 31 heavy (non-hydrogen) atoms. The van der Waals surface area contributed by atoms with Gasteiger partial charge in [0.15, 0.2) is 5.13 Å². The standard InChI is InChI=1S/C23H28N4O3S/c1-15-11-27(12-16(2)30-15)13-20-14-31-23(25-20)26-21(28)10-5-17-3-6-18(7-4-17)22(29)24-19-8-9-19/h3-7,10,14-16,19H,8-9,11-13H2,1-2H3,(H,24,29)(H,25,26,28)/b10-5+. The van der Waals surface area contributed by atoms with Crippen LogP contribution >= 0.6 is 11.3 Å². The zero-order valence-corrected chi connectivity index (χ0v) is 18.7. The summed E-state index contributed by atoms with van der Waals surface area (Å²) in [6.07, 6.45) is 5.76. The first-order valence-electron chi connectivity index (χ1n) is 10.7. The highest BCUT2D eigenvalue weighted by molar-refractivity contribution is 7.13. The number of benzene rings is 1. The van der Waals surface area contributed by atoms with Gasteiger partial charge in [-0.1, -0.05) is 12.1 Å². The van der Waals surface area contributed by atoms with Crippen LogP contribution in [0, 0.1) is 0 Å². The van der Waals surface area contributed by atoms with Crippen molar-refractivity contribution in [2.24, 2.45) is 0 Å². The van der Waals surface area contributed by atoms with Crippen molar-refractivity contribution in [3.8, 4) is 0 Å². The number of aromatic nitrogens is 1. The van der Waals surface area contributed by atoms with Gasteiger partial charge in [-0.2, -0.15) is 0 Å². The second kappa shape index (κ2) is 9.72. The number of carbonyl (C=O) groups is 2. The maximum Gasteiger partial charge on any atom is 0.251 e. The summed E-state index contributed by atoms with van der Waals surface area (Å²) >= 11 is 1.43. The number of amides is 2. The molecule has 4 rings (SSSR count). The molecule has 1 saturated carbocycles. The fourth-order valence-electron chi connectivity index (χ4n) is 3.64. The molecule has 1 aromatic heterocycles. The Morgan fingerprint density at radius 3 is 2.58 bits per heavy atom. The number of morpholine rings is 1. The van der Waals surface area contributed by atoms with Crippen LogP contribution in [-0.2, 0) is 16.1 Å². The lowest BCUT2D eigenvalue weighted by Gasteiger charge is -2.34. The fourth-order valence-corrected chi connectivity index (χ4v) is 4.34. The number of anilines is 1.